The van der Waals surface area contributed by atoms with Gasteiger partial charge < -0.3 is 28.6 Å². The zero-order valence-electron chi connectivity index (χ0n) is 37.9. The summed E-state index contributed by atoms with van der Waals surface area (Å²) in [6.07, 6.45) is 49.6. The van der Waals surface area contributed by atoms with E-state index >= 15 is 0 Å². The first kappa shape index (κ1) is 55.0. The number of quaternary nitrogens is 1. The largest absolute Gasteiger partial charge is 0.544 e. The van der Waals surface area contributed by atoms with E-state index in [-0.39, 0.29) is 42.7 Å². The summed E-state index contributed by atoms with van der Waals surface area (Å²) < 4.78 is 17.2. The summed E-state index contributed by atoms with van der Waals surface area (Å²) in [5, 5.41) is 11.6. The Kier molecular flexibility index (Phi) is 38.7. The summed E-state index contributed by atoms with van der Waals surface area (Å²) in [6.45, 7) is 4.50. The summed E-state index contributed by atoms with van der Waals surface area (Å²) in [4.78, 5) is 36.9. The molecule has 0 aliphatic rings. The van der Waals surface area contributed by atoms with E-state index in [9.17, 15) is 19.5 Å². The van der Waals surface area contributed by atoms with Crippen LogP contribution in [0.5, 0.6) is 0 Å². The maximum atomic E-state index is 12.7. The lowest BCUT2D eigenvalue weighted by atomic mass is 10.1. The van der Waals surface area contributed by atoms with Crippen molar-refractivity contribution in [1.82, 2.24) is 0 Å². The molecule has 0 amide bonds. The van der Waals surface area contributed by atoms with Crippen molar-refractivity contribution in [3.05, 3.63) is 60.8 Å². The first-order valence-corrected chi connectivity index (χ1v) is 23.3. The molecular formula is C50H87NO7. The van der Waals surface area contributed by atoms with Crippen molar-refractivity contribution in [1.29, 1.82) is 0 Å². The van der Waals surface area contributed by atoms with Gasteiger partial charge in [-0.05, 0) is 70.6 Å². The molecule has 0 N–H and O–H groups in total. The molecule has 0 aromatic heterocycles. The minimum atomic E-state index is -1.13. The average molecular weight is 814 g/mol. The van der Waals surface area contributed by atoms with Gasteiger partial charge >= 0.3 is 11.9 Å². The minimum Gasteiger partial charge on any atom is -0.544 e. The summed E-state index contributed by atoms with van der Waals surface area (Å²) in [5.41, 5.74) is 0. The van der Waals surface area contributed by atoms with Crippen LogP contribution in [0.2, 0.25) is 0 Å². The molecule has 2 atom stereocenters. The molecule has 0 rings (SSSR count). The summed E-state index contributed by atoms with van der Waals surface area (Å²) >= 11 is 0. The van der Waals surface area contributed by atoms with Crippen LogP contribution in [-0.2, 0) is 28.6 Å². The molecule has 334 valence electrons. The van der Waals surface area contributed by atoms with Crippen LogP contribution in [0.25, 0.3) is 0 Å². The third kappa shape index (κ3) is 38.5. The molecule has 0 saturated carbocycles. The molecule has 2 unspecified atom stereocenters. The first-order valence-electron chi connectivity index (χ1n) is 23.3. The van der Waals surface area contributed by atoms with Gasteiger partial charge in [-0.25, -0.2) is 0 Å². The van der Waals surface area contributed by atoms with Crippen LogP contribution in [0.3, 0.4) is 0 Å². The molecule has 0 saturated heterocycles. The second-order valence-electron chi connectivity index (χ2n) is 16.6. The van der Waals surface area contributed by atoms with Gasteiger partial charge in [-0.2, -0.15) is 0 Å². The standard InChI is InChI=1S/C50H87NO7/c1-6-8-10-12-14-16-18-20-22-23-24-25-26-27-29-31-33-35-37-39-41-49(53)58-46(44-56-43-42-47(50(54)55)51(3,4)5)45-57-48(52)40-38-36-34-32-30-28-21-19-17-15-13-11-9-7-2/h9,11,15-18,20-22,28,46-47H,6-8,10,12-14,19,23-27,29-45H2,1-5H3/b11-9+,17-15+,18-16+,22-20+,28-21+. The lowest BCUT2D eigenvalue weighted by molar-refractivity contribution is -0.889. The van der Waals surface area contributed by atoms with Gasteiger partial charge in [-0.3, -0.25) is 9.59 Å². The predicted molar refractivity (Wildman–Crippen MR) is 240 cm³/mol. The Balaban J connectivity index is 4.32. The number of hydrogen-bond donors (Lipinski definition) is 0. The van der Waals surface area contributed by atoms with Crippen LogP contribution in [-0.4, -0.2) is 75.5 Å². The Morgan fingerprint density at radius 1 is 0.552 bits per heavy atom. The van der Waals surface area contributed by atoms with Crippen molar-refractivity contribution in [2.24, 2.45) is 0 Å². The van der Waals surface area contributed by atoms with Crippen molar-refractivity contribution in [2.45, 2.75) is 199 Å². The highest BCUT2D eigenvalue weighted by Gasteiger charge is 2.25. The Labute approximate surface area is 356 Å². The molecule has 0 radical (unpaired) electrons. The van der Waals surface area contributed by atoms with E-state index in [2.05, 4.69) is 74.6 Å². The third-order valence-corrected chi connectivity index (χ3v) is 10.2. The highest BCUT2D eigenvalue weighted by Crippen LogP contribution is 2.14. The van der Waals surface area contributed by atoms with E-state index in [0.717, 1.165) is 70.6 Å². The van der Waals surface area contributed by atoms with Crippen LogP contribution >= 0.6 is 0 Å². The van der Waals surface area contributed by atoms with Crippen LogP contribution in [0.15, 0.2) is 60.8 Å². The number of aliphatic carboxylic acids is 1. The molecule has 0 bridgehead atoms. The number of rotatable bonds is 41. The fourth-order valence-corrected chi connectivity index (χ4v) is 6.55. The molecule has 0 aromatic carbocycles. The Bertz CT molecular complexity index is 1130. The van der Waals surface area contributed by atoms with Crippen molar-refractivity contribution in [3.63, 3.8) is 0 Å². The number of unbranched alkanes of at least 4 members (excludes halogenated alkanes) is 18. The smallest absolute Gasteiger partial charge is 0.306 e. The molecule has 8 heteroatoms. The quantitative estimate of drug-likeness (QED) is 0.0199. The number of allylic oxidation sites excluding steroid dienone is 10. The molecule has 0 aliphatic heterocycles. The topological polar surface area (TPSA) is 102 Å². The monoisotopic (exact) mass is 814 g/mol. The van der Waals surface area contributed by atoms with Crippen LogP contribution < -0.4 is 5.11 Å². The number of esters is 2. The highest BCUT2D eigenvalue weighted by atomic mass is 16.6. The Morgan fingerprint density at radius 3 is 1.53 bits per heavy atom. The predicted octanol–water partition coefficient (Wildman–Crippen LogP) is 11.6. The van der Waals surface area contributed by atoms with E-state index in [1.165, 1.54) is 83.5 Å². The number of carbonyl (C=O) groups excluding carboxylic acids is 3. The molecule has 8 nitrogen and oxygen atoms in total. The van der Waals surface area contributed by atoms with E-state index in [1.54, 1.807) is 21.1 Å². The van der Waals surface area contributed by atoms with Crippen molar-refractivity contribution in [3.8, 4) is 0 Å². The van der Waals surface area contributed by atoms with Gasteiger partial charge in [0, 0.05) is 19.3 Å². The average Bonchev–Trinajstić information content (AvgIpc) is 3.18. The van der Waals surface area contributed by atoms with Crippen LogP contribution in [0, 0.1) is 0 Å². The Hall–Kier alpha value is -2.97. The van der Waals surface area contributed by atoms with E-state index in [4.69, 9.17) is 14.2 Å². The number of ether oxygens (including phenoxy) is 3. The number of carbonyl (C=O) groups is 3. The fourth-order valence-electron chi connectivity index (χ4n) is 6.55. The lowest BCUT2D eigenvalue weighted by Crippen LogP contribution is -2.55. The first-order chi connectivity index (χ1) is 28.1. The summed E-state index contributed by atoms with van der Waals surface area (Å²) in [7, 11) is 5.40. The van der Waals surface area contributed by atoms with Gasteiger partial charge in [-0.15, -0.1) is 0 Å². The summed E-state index contributed by atoms with van der Waals surface area (Å²) in [5.74, 6) is -1.77. The maximum absolute atomic E-state index is 12.7. The normalized spacial score (nSPS) is 13.5. The van der Waals surface area contributed by atoms with Gasteiger partial charge in [0.2, 0.25) is 0 Å². The number of carboxylic acid groups (broad SMARTS) is 1. The fraction of sp³-hybridized carbons (Fsp3) is 0.740. The zero-order chi connectivity index (χ0) is 42.8. The molecule has 0 heterocycles. The maximum Gasteiger partial charge on any atom is 0.306 e. The SMILES string of the molecule is CC/C=C/C/C=C/C/C=C/CCCCCCC(=O)OCC(COCCC(C(=O)[O-])[N+](C)(C)C)OC(=O)CCCCCCCCCCCC/C=C/C=C/CCCCCC. The van der Waals surface area contributed by atoms with Crippen molar-refractivity contribution < 1.29 is 38.2 Å². The number of hydrogen-bond acceptors (Lipinski definition) is 7. The molecule has 0 aliphatic carbocycles. The molecule has 0 aromatic rings. The number of likely N-dealkylation sites (N-methyl/N-ethyl adjacent to an activating group) is 1. The van der Waals surface area contributed by atoms with Gasteiger partial charge in [0.05, 0.1) is 40.3 Å². The van der Waals surface area contributed by atoms with Gasteiger partial charge in [0.15, 0.2) is 6.10 Å². The number of carboxylic acids is 1. The van der Waals surface area contributed by atoms with Crippen molar-refractivity contribution in [2.75, 3.05) is 41.0 Å². The highest BCUT2D eigenvalue weighted by molar-refractivity contribution is 5.70. The zero-order valence-corrected chi connectivity index (χ0v) is 37.9. The van der Waals surface area contributed by atoms with Gasteiger partial charge in [0.25, 0.3) is 0 Å². The molecule has 0 fully saturated rings. The lowest BCUT2D eigenvalue weighted by Gasteiger charge is -2.34. The van der Waals surface area contributed by atoms with Crippen LogP contribution in [0.4, 0.5) is 0 Å². The van der Waals surface area contributed by atoms with E-state index < -0.39 is 18.1 Å². The molecule has 0 spiro atoms. The van der Waals surface area contributed by atoms with Crippen molar-refractivity contribution >= 4 is 17.9 Å². The summed E-state index contributed by atoms with van der Waals surface area (Å²) in [6, 6.07) is -0.732. The van der Waals surface area contributed by atoms with Gasteiger partial charge in [0.1, 0.15) is 12.6 Å². The second-order valence-corrected chi connectivity index (χ2v) is 16.6. The number of nitrogens with zero attached hydrogens (tertiary/aromatic N) is 1. The molecular weight excluding hydrogens is 727 g/mol. The molecule has 58 heavy (non-hydrogen) atoms. The Morgan fingerprint density at radius 2 is 1.02 bits per heavy atom. The van der Waals surface area contributed by atoms with Gasteiger partial charge in [-0.1, -0.05) is 158 Å². The van der Waals surface area contributed by atoms with E-state index in [1.807, 2.05) is 0 Å². The van der Waals surface area contributed by atoms with Crippen LogP contribution in [0.1, 0.15) is 187 Å². The second kappa shape index (κ2) is 40.8. The van der Waals surface area contributed by atoms with E-state index in [0.29, 0.717) is 12.8 Å². The third-order valence-electron chi connectivity index (χ3n) is 10.2. The minimum absolute atomic E-state index is 0.0302.